The van der Waals surface area contributed by atoms with E-state index in [9.17, 15) is 9.59 Å². The highest BCUT2D eigenvalue weighted by atomic mass is 16.4. The standard InChI is InChI=1S/C9H13N3O3/c1-12-6-7(5-11-12)4-10-8(13)2-3-9(14)15/h5-6H,2-4H2,1H3,(H,10,13)(H,14,15). The van der Waals surface area contributed by atoms with Gasteiger partial charge in [0.2, 0.25) is 5.91 Å². The molecule has 1 aromatic heterocycles. The molecule has 0 saturated carbocycles. The lowest BCUT2D eigenvalue weighted by atomic mass is 10.3. The summed E-state index contributed by atoms with van der Waals surface area (Å²) in [5.74, 6) is -1.23. The maximum Gasteiger partial charge on any atom is 0.303 e. The van der Waals surface area contributed by atoms with Crippen LogP contribution in [0.3, 0.4) is 0 Å². The average Bonchev–Trinajstić information content (AvgIpc) is 2.58. The van der Waals surface area contributed by atoms with Crippen molar-refractivity contribution in [2.24, 2.45) is 7.05 Å². The van der Waals surface area contributed by atoms with Gasteiger partial charge in [-0.25, -0.2) is 0 Å². The van der Waals surface area contributed by atoms with Crippen molar-refractivity contribution in [1.29, 1.82) is 0 Å². The highest BCUT2D eigenvalue weighted by Gasteiger charge is 2.05. The van der Waals surface area contributed by atoms with Crippen LogP contribution in [0.25, 0.3) is 0 Å². The van der Waals surface area contributed by atoms with Crippen LogP contribution in [0.4, 0.5) is 0 Å². The van der Waals surface area contributed by atoms with Crippen LogP contribution in [0, 0.1) is 0 Å². The Kier molecular flexibility index (Phi) is 3.84. The summed E-state index contributed by atoms with van der Waals surface area (Å²) in [6.45, 7) is 0.381. The van der Waals surface area contributed by atoms with Crippen LogP contribution in [0.15, 0.2) is 12.4 Å². The van der Waals surface area contributed by atoms with Crippen LogP contribution in [0.2, 0.25) is 0 Å². The van der Waals surface area contributed by atoms with Crippen LogP contribution in [0.1, 0.15) is 18.4 Å². The molecular weight excluding hydrogens is 198 g/mol. The molecule has 0 fully saturated rings. The van der Waals surface area contributed by atoms with E-state index in [1.54, 1.807) is 24.1 Å². The van der Waals surface area contributed by atoms with Crippen molar-refractivity contribution in [2.75, 3.05) is 0 Å². The summed E-state index contributed by atoms with van der Waals surface area (Å²) in [5.41, 5.74) is 0.890. The molecule has 6 nitrogen and oxygen atoms in total. The summed E-state index contributed by atoms with van der Waals surface area (Å²) >= 11 is 0. The van der Waals surface area contributed by atoms with Crippen LogP contribution < -0.4 is 5.32 Å². The minimum Gasteiger partial charge on any atom is -0.481 e. The lowest BCUT2D eigenvalue weighted by Crippen LogP contribution is -2.22. The van der Waals surface area contributed by atoms with Gasteiger partial charge in [0.15, 0.2) is 0 Å². The molecule has 0 aliphatic heterocycles. The predicted molar refractivity (Wildman–Crippen MR) is 51.9 cm³/mol. The van der Waals surface area contributed by atoms with Crippen molar-refractivity contribution >= 4 is 11.9 Å². The lowest BCUT2D eigenvalue weighted by molar-refractivity contribution is -0.138. The van der Waals surface area contributed by atoms with Gasteiger partial charge in [-0.3, -0.25) is 14.3 Å². The Morgan fingerprint density at radius 2 is 2.27 bits per heavy atom. The predicted octanol–water partition coefficient (Wildman–Crippen LogP) is -0.0989. The van der Waals surface area contributed by atoms with Crippen molar-refractivity contribution in [2.45, 2.75) is 19.4 Å². The number of aliphatic carboxylic acids is 1. The van der Waals surface area contributed by atoms with Gasteiger partial charge < -0.3 is 10.4 Å². The van der Waals surface area contributed by atoms with Gasteiger partial charge in [0.1, 0.15) is 0 Å². The Morgan fingerprint density at radius 1 is 1.53 bits per heavy atom. The number of carboxylic acids is 1. The highest BCUT2D eigenvalue weighted by Crippen LogP contribution is 1.96. The molecule has 0 saturated heterocycles. The van der Waals surface area contributed by atoms with Crippen molar-refractivity contribution < 1.29 is 14.7 Å². The van der Waals surface area contributed by atoms with Crippen molar-refractivity contribution in [3.8, 4) is 0 Å². The minimum absolute atomic E-state index is 0.00952. The smallest absolute Gasteiger partial charge is 0.303 e. The van der Waals surface area contributed by atoms with Crippen molar-refractivity contribution in [1.82, 2.24) is 15.1 Å². The first-order valence-corrected chi connectivity index (χ1v) is 4.54. The van der Waals surface area contributed by atoms with Gasteiger partial charge in [-0.2, -0.15) is 5.10 Å². The number of carboxylic acid groups (broad SMARTS) is 1. The van der Waals surface area contributed by atoms with E-state index in [1.807, 2.05) is 0 Å². The van der Waals surface area contributed by atoms with Crippen molar-refractivity contribution in [3.05, 3.63) is 18.0 Å². The number of carbonyl (C=O) groups is 2. The molecule has 0 radical (unpaired) electrons. The third-order valence-electron chi connectivity index (χ3n) is 1.81. The molecule has 0 unspecified atom stereocenters. The number of hydrogen-bond acceptors (Lipinski definition) is 3. The number of hydrogen-bond donors (Lipinski definition) is 2. The summed E-state index contributed by atoms with van der Waals surface area (Å²) in [5, 5.41) is 14.9. The maximum atomic E-state index is 11.1. The van der Waals surface area contributed by atoms with Gasteiger partial charge >= 0.3 is 5.97 Å². The first-order chi connectivity index (χ1) is 7.08. The molecule has 0 atom stereocenters. The number of rotatable bonds is 5. The van der Waals surface area contributed by atoms with E-state index in [2.05, 4.69) is 10.4 Å². The molecule has 0 aliphatic rings. The summed E-state index contributed by atoms with van der Waals surface area (Å²) in [4.78, 5) is 21.3. The fourth-order valence-corrected chi connectivity index (χ4v) is 1.07. The lowest BCUT2D eigenvalue weighted by Gasteiger charge is -2.01. The SMILES string of the molecule is Cn1cc(CNC(=O)CCC(=O)O)cn1. The summed E-state index contributed by atoms with van der Waals surface area (Å²) in [6, 6.07) is 0. The molecule has 1 amide bonds. The molecule has 82 valence electrons. The monoisotopic (exact) mass is 211 g/mol. The van der Waals surface area contributed by atoms with Crippen LogP contribution >= 0.6 is 0 Å². The summed E-state index contributed by atoms with van der Waals surface area (Å²) in [6.07, 6.45) is 3.31. The molecule has 0 bridgehead atoms. The Balaban J connectivity index is 2.25. The van der Waals surface area contributed by atoms with E-state index < -0.39 is 5.97 Å². The zero-order valence-electron chi connectivity index (χ0n) is 8.43. The minimum atomic E-state index is -0.966. The third kappa shape index (κ3) is 4.26. The quantitative estimate of drug-likeness (QED) is 0.712. The first-order valence-electron chi connectivity index (χ1n) is 4.54. The Labute approximate surface area is 86.9 Å². The third-order valence-corrected chi connectivity index (χ3v) is 1.81. The van der Waals surface area contributed by atoms with Gasteiger partial charge in [0.05, 0.1) is 12.6 Å². The second kappa shape index (κ2) is 5.14. The van der Waals surface area contributed by atoms with E-state index in [1.165, 1.54) is 0 Å². The van der Waals surface area contributed by atoms with E-state index in [0.29, 0.717) is 6.54 Å². The van der Waals surface area contributed by atoms with Crippen LogP contribution in [-0.2, 0) is 23.2 Å². The van der Waals surface area contributed by atoms with Crippen LogP contribution in [0.5, 0.6) is 0 Å². The average molecular weight is 211 g/mol. The number of nitrogens with zero attached hydrogens (tertiary/aromatic N) is 2. The molecule has 1 heterocycles. The van der Waals surface area contributed by atoms with Gasteiger partial charge in [-0.1, -0.05) is 0 Å². The van der Waals surface area contributed by atoms with Gasteiger partial charge in [0, 0.05) is 31.8 Å². The Morgan fingerprint density at radius 3 is 2.80 bits per heavy atom. The largest absolute Gasteiger partial charge is 0.481 e. The maximum absolute atomic E-state index is 11.1. The number of aromatic nitrogens is 2. The van der Waals surface area contributed by atoms with Gasteiger partial charge in [0.25, 0.3) is 0 Å². The normalized spacial score (nSPS) is 9.93. The fourth-order valence-electron chi connectivity index (χ4n) is 1.07. The van der Waals surface area contributed by atoms with E-state index >= 15 is 0 Å². The second-order valence-corrected chi connectivity index (χ2v) is 3.19. The number of carbonyl (C=O) groups excluding carboxylic acids is 1. The zero-order valence-corrected chi connectivity index (χ0v) is 8.43. The number of amides is 1. The molecule has 15 heavy (non-hydrogen) atoms. The molecule has 1 aromatic rings. The molecule has 1 rings (SSSR count). The van der Waals surface area contributed by atoms with E-state index in [4.69, 9.17) is 5.11 Å². The molecule has 6 heteroatoms. The Hall–Kier alpha value is -1.85. The number of aryl methyl sites for hydroxylation is 1. The number of nitrogens with one attached hydrogen (secondary N) is 1. The van der Waals surface area contributed by atoms with Crippen LogP contribution in [-0.4, -0.2) is 26.8 Å². The molecule has 2 N–H and O–H groups in total. The topological polar surface area (TPSA) is 84.2 Å². The highest BCUT2D eigenvalue weighted by molar-refractivity contribution is 5.80. The molecular formula is C9H13N3O3. The van der Waals surface area contributed by atoms with Gasteiger partial charge in [-0.15, -0.1) is 0 Å². The van der Waals surface area contributed by atoms with Crippen molar-refractivity contribution in [3.63, 3.8) is 0 Å². The van der Waals surface area contributed by atoms with Gasteiger partial charge in [-0.05, 0) is 0 Å². The first kappa shape index (κ1) is 11.2. The Bertz CT molecular complexity index is 359. The molecule has 0 aromatic carbocycles. The summed E-state index contributed by atoms with van der Waals surface area (Å²) < 4.78 is 1.64. The second-order valence-electron chi connectivity index (χ2n) is 3.19. The molecule has 0 aliphatic carbocycles. The van der Waals surface area contributed by atoms with E-state index in [-0.39, 0.29) is 18.7 Å². The summed E-state index contributed by atoms with van der Waals surface area (Å²) in [7, 11) is 1.79. The fraction of sp³-hybridized carbons (Fsp3) is 0.444. The molecule has 0 spiro atoms. The zero-order chi connectivity index (χ0) is 11.3. The van der Waals surface area contributed by atoms with E-state index in [0.717, 1.165) is 5.56 Å².